The van der Waals surface area contributed by atoms with Gasteiger partial charge in [-0.1, -0.05) is 6.07 Å². The summed E-state index contributed by atoms with van der Waals surface area (Å²) in [5.74, 6) is -0.337. The fourth-order valence-corrected chi connectivity index (χ4v) is 3.54. The quantitative estimate of drug-likeness (QED) is 0.632. The Balaban J connectivity index is 1.93. The van der Waals surface area contributed by atoms with Crippen molar-refractivity contribution in [1.82, 2.24) is 4.57 Å². The maximum Gasteiger partial charge on any atom is 0.303 e. The molecule has 0 amide bonds. The SMILES string of the molecule is CC(=O)OC1CCc2c1n(C(C)=O)c1cc(N3CC3)ccc21. The molecule has 1 aliphatic carbocycles. The number of anilines is 1. The van der Waals surface area contributed by atoms with Gasteiger partial charge in [0, 0.05) is 38.0 Å². The summed E-state index contributed by atoms with van der Waals surface area (Å²) in [6.07, 6.45) is 1.28. The number of aryl methyl sites for hydroxylation is 1. The highest BCUT2D eigenvalue weighted by molar-refractivity contribution is 5.97. The fourth-order valence-electron chi connectivity index (χ4n) is 3.54. The van der Waals surface area contributed by atoms with E-state index in [0.717, 1.165) is 53.8 Å². The van der Waals surface area contributed by atoms with Crippen molar-refractivity contribution >= 4 is 28.5 Å². The number of hydrogen-bond donors (Lipinski definition) is 0. The highest BCUT2D eigenvalue weighted by Gasteiger charge is 2.33. The Kier molecular flexibility index (Phi) is 2.79. The highest BCUT2D eigenvalue weighted by Crippen LogP contribution is 2.42. The summed E-state index contributed by atoms with van der Waals surface area (Å²) in [6.45, 7) is 5.12. The van der Waals surface area contributed by atoms with Crippen LogP contribution in [0.1, 0.15) is 42.4 Å². The van der Waals surface area contributed by atoms with Crippen LogP contribution >= 0.6 is 0 Å². The Morgan fingerprint density at radius 3 is 2.64 bits per heavy atom. The first-order valence-electron chi connectivity index (χ1n) is 7.66. The lowest BCUT2D eigenvalue weighted by Gasteiger charge is -2.14. The molecule has 4 rings (SSSR count). The molecule has 114 valence electrons. The number of esters is 1. The fraction of sp³-hybridized carbons (Fsp3) is 0.412. The number of ether oxygens (including phenoxy) is 1. The minimum atomic E-state index is -0.312. The topological polar surface area (TPSA) is 51.3 Å². The van der Waals surface area contributed by atoms with Gasteiger partial charge in [0.05, 0.1) is 11.2 Å². The summed E-state index contributed by atoms with van der Waals surface area (Å²) >= 11 is 0. The molecular formula is C17H18N2O3. The number of benzene rings is 1. The molecule has 2 aromatic rings. The van der Waals surface area contributed by atoms with Crippen molar-refractivity contribution in [3.63, 3.8) is 0 Å². The van der Waals surface area contributed by atoms with Crippen LogP contribution in [0.4, 0.5) is 5.69 Å². The monoisotopic (exact) mass is 298 g/mol. The molecule has 22 heavy (non-hydrogen) atoms. The van der Waals surface area contributed by atoms with Gasteiger partial charge >= 0.3 is 5.97 Å². The van der Waals surface area contributed by atoms with E-state index in [4.69, 9.17) is 4.74 Å². The third-order valence-electron chi connectivity index (χ3n) is 4.49. The van der Waals surface area contributed by atoms with Crippen LogP contribution in [0.15, 0.2) is 18.2 Å². The maximum absolute atomic E-state index is 12.2. The van der Waals surface area contributed by atoms with E-state index in [1.165, 1.54) is 6.92 Å². The second kappa shape index (κ2) is 4.60. The molecule has 0 saturated carbocycles. The van der Waals surface area contributed by atoms with Crippen molar-refractivity contribution in [3.05, 3.63) is 29.5 Å². The third-order valence-corrected chi connectivity index (χ3v) is 4.49. The van der Waals surface area contributed by atoms with Crippen LogP contribution in [0.2, 0.25) is 0 Å². The largest absolute Gasteiger partial charge is 0.456 e. The van der Waals surface area contributed by atoms with Gasteiger partial charge in [-0.2, -0.15) is 0 Å². The smallest absolute Gasteiger partial charge is 0.303 e. The van der Waals surface area contributed by atoms with Crippen LogP contribution in [0.25, 0.3) is 10.9 Å². The average Bonchev–Trinajstić information content (AvgIpc) is 3.16. The van der Waals surface area contributed by atoms with Gasteiger partial charge in [0.2, 0.25) is 5.91 Å². The van der Waals surface area contributed by atoms with Crippen LogP contribution < -0.4 is 4.90 Å². The van der Waals surface area contributed by atoms with E-state index in [0.29, 0.717) is 0 Å². The van der Waals surface area contributed by atoms with E-state index < -0.39 is 0 Å². The van der Waals surface area contributed by atoms with Crippen molar-refractivity contribution in [2.45, 2.75) is 32.8 Å². The van der Waals surface area contributed by atoms with E-state index >= 15 is 0 Å². The van der Waals surface area contributed by atoms with Crippen LogP contribution in [0.5, 0.6) is 0 Å². The Morgan fingerprint density at radius 1 is 1.23 bits per heavy atom. The summed E-state index contributed by atoms with van der Waals surface area (Å²) in [4.78, 5) is 25.8. The molecule has 2 heterocycles. The minimum absolute atomic E-state index is 0.0340. The zero-order chi connectivity index (χ0) is 15.4. The zero-order valence-electron chi connectivity index (χ0n) is 12.8. The van der Waals surface area contributed by atoms with Crippen LogP contribution in [-0.2, 0) is 16.0 Å². The van der Waals surface area contributed by atoms with E-state index in [9.17, 15) is 9.59 Å². The molecule has 1 aromatic heterocycles. The molecule has 1 saturated heterocycles. The van der Waals surface area contributed by atoms with Crippen molar-refractivity contribution in [3.8, 4) is 0 Å². The van der Waals surface area contributed by atoms with Gasteiger partial charge in [0.1, 0.15) is 6.10 Å². The van der Waals surface area contributed by atoms with Gasteiger partial charge in [0.15, 0.2) is 0 Å². The van der Waals surface area contributed by atoms with E-state index in [1.807, 2.05) is 0 Å². The molecular weight excluding hydrogens is 280 g/mol. The predicted molar refractivity (Wildman–Crippen MR) is 83.3 cm³/mol. The van der Waals surface area contributed by atoms with Gasteiger partial charge < -0.3 is 9.64 Å². The third kappa shape index (κ3) is 1.92. The molecule has 0 radical (unpaired) electrons. The van der Waals surface area contributed by atoms with Gasteiger partial charge in [-0.3, -0.25) is 14.2 Å². The molecule has 1 atom stereocenters. The number of aromatic nitrogens is 1. The predicted octanol–water partition coefficient (Wildman–Crippen LogP) is 2.67. The highest BCUT2D eigenvalue weighted by atomic mass is 16.5. The summed E-state index contributed by atoms with van der Waals surface area (Å²) in [6, 6.07) is 6.28. The molecule has 0 N–H and O–H groups in total. The normalized spacial score (nSPS) is 19.4. The average molecular weight is 298 g/mol. The summed E-state index contributed by atoms with van der Waals surface area (Å²) in [5.41, 5.74) is 4.09. The van der Waals surface area contributed by atoms with Crippen molar-refractivity contribution in [2.75, 3.05) is 18.0 Å². The van der Waals surface area contributed by atoms with Gasteiger partial charge in [-0.25, -0.2) is 0 Å². The lowest BCUT2D eigenvalue weighted by molar-refractivity contribution is -0.146. The first kappa shape index (κ1) is 13.4. The Morgan fingerprint density at radius 2 is 2.00 bits per heavy atom. The molecule has 0 spiro atoms. The summed E-state index contributed by atoms with van der Waals surface area (Å²) < 4.78 is 7.16. The van der Waals surface area contributed by atoms with Crippen molar-refractivity contribution in [1.29, 1.82) is 0 Å². The summed E-state index contributed by atoms with van der Waals surface area (Å²) in [5, 5.41) is 1.10. The Labute approximate surface area is 128 Å². The lowest BCUT2D eigenvalue weighted by atomic mass is 10.1. The molecule has 0 bridgehead atoms. The number of rotatable bonds is 2. The van der Waals surface area contributed by atoms with Gasteiger partial charge in [0.25, 0.3) is 0 Å². The maximum atomic E-state index is 12.2. The molecule has 2 aliphatic rings. The Hall–Kier alpha value is -2.30. The van der Waals surface area contributed by atoms with Gasteiger partial charge in [-0.15, -0.1) is 0 Å². The van der Waals surface area contributed by atoms with Crippen LogP contribution in [0.3, 0.4) is 0 Å². The number of hydrogen-bond acceptors (Lipinski definition) is 4. The standard InChI is InChI=1S/C17H18N2O3/c1-10(20)19-15-9-12(18-7-8-18)3-4-13(15)14-5-6-16(17(14)19)22-11(2)21/h3-4,9,16H,5-8H2,1-2H3. The van der Waals surface area contributed by atoms with Crippen LogP contribution in [-0.4, -0.2) is 29.5 Å². The summed E-state index contributed by atoms with van der Waals surface area (Å²) in [7, 11) is 0. The number of carbonyl (C=O) groups is 2. The van der Waals surface area contributed by atoms with Crippen molar-refractivity contribution < 1.29 is 14.3 Å². The molecule has 1 aliphatic heterocycles. The Bertz CT molecular complexity index is 802. The molecule has 1 unspecified atom stereocenters. The number of nitrogens with zero attached hydrogens (tertiary/aromatic N) is 2. The van der Waals surface area contributed by atoms with E-state index in [1.54, 1.807) is 11.5 Å². The molecule has 1 aromatic carbocycles. The first-order chi connectivity index (χ1) is 10.6. The second-order valence-corrected chi connectivity index (χ2v) is 6.04. The zero-order valence-corrected chi connectivity index (χ0v) is 12.8. The lowest BCUT2D eigenvalue weighted by Crippen LogP contribution is -2.15. The molecule has 5 nitrogen and oxygen atoms in total. The number of carbonyl (C=O) groups excluding carboxylic acids is 2. The molecule has 1 fully saturated rings. The van der Waals surface area contributed by atoms with Crippen molar-refractivity contribution in [2.24, 2.45) is 0 Å². The molecule has 5 heteroatoms. The minimum Gasteiger partial charge on any atom is -0.456 e. The van der Waals surface area contributed by atoms with E-state index in [2.05, 4.69) is 23.1 Å². The van der Waals surface area contributed by atoms with Gasteiger partial charge in [-0.05, 0) is 30.5 Å². The second-order valence-electron chi connectivity index (χ2n) is 6.04. The first-order valence-corrected chi connectivity index (χ1v) is 7.66. The van der Waals surface area contributed by atoms with Crippen LogP contribution in [0, 0.1) is 0 Å². The number of fused-ring (bicyclic) bond motifs is 3. The van der Waals surface area contributed by atoms with E-state index in [-0.39, 0.29) is 18.0 Å².